The van der Waals surface area contributed by atoms with Gasteiger partial charge >= 0.3 is 0 Å². The quantitative estimate of drug-likeness (QED) is 0.723. The first-order chi connectivity index (χ1) is 5.88. The van der Waals surface area contributed by atoms with Gasteiger partial charge in [-0.1, -0.05) is 12.1 Å². The van der Waals surface area contributed by atoms with Crippen LogP contribution in [0.25, 0.3) is 0 Å². The maximum absolute atomic E-state index is 8.56. The Bertz CT molecular complexity index is 238. The number of hydrogen-bond donors (Lipinski definition) is 1. The largest absolute Gasteiger partial charge is 0.490 e. The zero-order valence-electron chi connectivity index (χ0n) is 6.99. The first-order valence-corrected chi connectivity index (χ1v) is 4.97. The van der Waals surface area contributed by atoms with Crippen molar-refractivity contribution in [3.05, 3.63) is 24.3 Å². The molecule has 1 aromatic carbocycles. The minimum Gasteiger partial charge on any atom is -0.490 e. The fraction of sp³-hybridized carbons (Fsp3) is 0.333. The Kier molecular flexibility index (Phi) is 3.97. The van der Waals surface area contributed by atoms with Gasteiger partial charge in [-0.3, -0.25) is 0 Å². The molecule has 1 rings (SSSR count). The maximum atomic E-state index is 8.56. The van der Waals surface area contributed by atoms with Crippen molar-refractivity contribution >= 4 is 11.8 Å². The number of aliphatic hydroxyl groups is 1. The first kappa shape index (κ1) is 9.42. The van der Waals surface area contributed by atoms with E-state index in [-0.39, 0.29) is 6.61 Å². The van der Waals surface area contributed by atoms with Crippen molar-refractivity contribution in [2.45, 2.75) is 4.90 Å². The Morgan fingerprint density at radius 2 is 2.17 bits per heavy atom. The Hall–Kier alpha value is -0.670. The van der Waals surface area contributed by atoms with Crippen molar-refractivity contribution in [3.8, 4) is 5.75 Å². The average molecular weight is 184 g/mol. The van der Waals surface area contributed by atoms with Crippen LogP contribution in [0, 0.1) is 0 Å². The summed E-state index contributed by atoms with van der Waals surface area (Å²) in [6.07, 6.45) is 2.00. The lowest BCUT2D eigenvalue weighted by atomic mass is 10.3. The van der Waals surface area contributed by atoms with Crippen LogP contribution in [0.2, 0.25) is 0 Å². The van der Waals surface area contributed by atoms with Crippen molar-refractivity contribution in [3.63, 3.8) is 0 Å². The van der Waals surface area contributed by atoms with E-state index in [2.05, 4.69) is 0 Å². The van der Waals surface area contributed by atoms with Crippen molar-refractivity contribution in [2.75, 3.05) is 19.5 Å². The minimum atomic E-state index is 0.0582. The molecule has 0 heterocycles. The Balaban J connectivity index is 2.68. The molecule has 0 saturated heterocycles. The van der Waals surface area contributed by atoms with Gasteiger partial charge in [0.25, 0.3) is 0 Å². The number of benzene rings is 1. The van der Waals surface area contributed by atoms with E-state index in [9.17, 15) is 0 Å². The van der Waals surface area contributed by atoms with Gasteiger partial charge in [-0.25, -0.2) is 0 Å². The Morgan fingerprint density at radius 1 is 1.42 bits per heavy atom. The van der Waals surface area contributed by atoms with Crippen LogP contribution in [0.4, 0.5) is 0 Å². The lowest BCUT2D eigenvalue weighted by Gasteiger charge is -2.07. The van der Waals surface area contributed by atoms with Crippen molar-refractivity contribution in [1.82, 2.24) is 0 Å². The molecule has 0 fully saturated rings. The Labute approximate surface area is 76.6 Å². The van der Waals surface area contributed by atoms with Gasteiger partial charge in [-0.2, -0.15) is 0 Å². The summed E-state index contributed by atoms with van der Waals surface area (Å²) < 4.78 is 5.31. The van der Waals surface area contributed by atoms with Gasteiger partial charge in [0.2, 0.25) is 0 Å². The minimum absolute atomic E-state index is 0.0582. The molecule has 0 aromatic heterocycles. The zero-order valence-corrected chi connectivity index (χ0v) is 7.80. The number of aliphatic hydroxyl groups excluding tert-OH is 1. The van der Waals surface area contributed by atoms with Gasteiger partial charge in [0.05, 0.1) is 6.61 Å². The molecule has 0 spiro atoms. The molecular weight excluding hydrogens is 172 g/mol. The van der Waals surface area contributed by atoms with Crippen LogP contribution in [-0.2, 0) is 0 Å². The molecule has 1 aromatic rings. The van der Waals surface area contributed by atoms with Crippen LogP contribution in [0.5, 0.6) is 5.75 Å². The highest BCUT2D eigenvalue weighted by Crippen LogP contribution is 2.26. The van der Waals surface area contributed by atoms with E-state index in [1.165, 1.54) is 0 Å². The molecule has 0 amide bonds. The van der Waals surface area contributed by atoms with Crippen molar-refractivity contribution < 1.29 is 9.84 Å². The van der Waals surface area contributed by atoms with Gasteiger partial charge in [0.15, 0.2) is 0 Å². The molecule has 0 aliphatic heterocycles. The number of rotatable bonds is 4. The molecule has 1 N–H and O–H groups in total. The highest BCUT2D eigenvalue weighted by molar-refractivity contribution is 7.98. The molecule has 0 saturated carbocycles. The molecule has 66 valence electrons. The van der Waals surface area contributed by atoms with E-state index >= 15 is 0 Å². The third-order valence-electron chi connectivity index (χ3n) is 1.42. The van der Waals surface area contributed by atoms with E-state index in [4.69, 9.17) is 9.84 Å². The second-order valence-electron chi connectivity index (χ2n) is 2.22. The summed E-state index contributed by atoms with van der Waals surface area (Å²) in [5, 5.41) is 8.56. The smallest absolute Gasteiger partial charge is 0.132 e. The van der Waals surface area contributed by atoms with Gasteiger partial charge in [-0.15, -0.1) is 11.8 Å². The van der Waals surface area contributed by atoms with Gasteiger partial charge in [0, 0.05) is 4.90 Å². The summed E-state index contributed by atoms with van der Waals surface area (Å²) in [4.78, 5) is 1.10. The predicted octanol–water partition coefficient (Wildman–Crippen LogP) is 1.78. The highest BCUT2D eigenvalue weighted by Gasteiger charge is 1.99. The van der Waals surface area contributed by atoms with E-state index in [0.717, 1.165) is 10.6 Å². The van der Waals surface area contributed by atoms with Gasteiger partial charge < -0.3 is 9.84 Å². The SMILES string of the molecule is CSc1ccccc1OCCO. The molecule has 2 nitrogen and oxygen atoms in total. The molecule has 0 unspecified atom stereocenters. The number of thioether (sulfide) groups is 1. The highest BCUT2D eigenvalue weighted by atomic mass is 32.2. The normalized spacial score (nSPS) is 9.83. The fourth-order valence-electron chi connectivity index (χ4n) is 0.894. The van der Waals surface area contributed by atoms with E-state index < -0.39 is 0 Å². The third kappa shape index (κ3) is 2.43. The lowest BCUT2D eigenvalue weighted by molar-refractivity contribution is 0.198. The summed E-state index contributed by atoms with van der Waals surface area (Å²) in [5.41, 5.74) is 0. The third-order valence-corrected chi connectivity index (χ3v) is 2.20. The number of para-hydroxylation sites is 1. The summed E-state index contributed by atoms with van der Waals surface area (Å²) >= 11 is 1.64. The fourth-order valence-corrected chi connectivity index (χ4v) is 1.44. The van der Waals surface area contributed by atoms with Crippen LogP contribution < -0.4 is 4.74 Å². The van der Waals surface area contributed by atoms with E-state index in [1.807, 2.05) is 30.5 Å². The molecule has 12 heavy (non-hydrogen) atoms. The molecule has 0 radical (unpaired) electrons. The van der Waals surface area contributed by atoms with Gasteiger partial charge in [0.1, 0.15) is 12.4 Å². The first-order valence-electron chi connectivity index (χ1n) is 3.75. The van der Waals surface area contributed by atoms with E-state index in [0.29, 0.717) is 6.61 Å². The number of hydrogen-bond acceptors (Lipinski definition) is 3. The summed E-state index contributed by atoms with van der Waals surface area (Å²) in [7, 11) is 0. The molecule has 0 aliphatic carbocycles. The van der Waals surface area contributed by atoms with Crippen LogP contribution in [0.1, 0.15) is 0 Å². The number of ether oxygens (including phenoxy) is 1. The monoisotopic (exact) mass is 184 g/mol. The standard InChI is InChI=1S/C9H12O2S/c1-12-9-5-3-2-4-8(9)11-7-6-10/h2-5,10H,6-7H2,1H3. The Morgan fingerprint density at radius 3 is 2.83 bits per heavy atom. The molecule has 0 bridgehead atoms. The second kappa shape index (κ2) is 5.06. The molecular formula is C9H12O2S. The molecule has 0 atom stereocenters. The zero-order chi connectivity index (χ0) is 8.81. The second-order valence-corrected chi connectivity index (χ2v) is 3.07. The van der Waals surface area contributed by atoms with Crippen LogP contribution in [0.3, 0.4) is 0 Å². The van der Waals surface area contributed by atoms with Crippen LogP contribution in [0.15, 0.2) is 29.2 Å². The topological polar surface area (TPSA) is 29.5 Å². The predicted molar refractivity (Wildman–Crippen MR) is 50.8 cm³/mol. The lowest BCUT2D eigenvalue weighted by Crippen LogP contribution is -2.02. The summed E-state index contributed by atoms with van der Waals surface area (Å²) in [5.74, 6) is 0.846. The van der Waals surface area contributed by atoms with Gasteiger partial charge in [-0.05, 0) is 18.4 Å². The van der Waals surface area contributed by atoms with Crippen LogP contribution in [-0.4, -0.2) is 24.6 Å². The summed E-state index contributed by atoms with van der Waals surface area (Å²) in [6.45, 7) is 0.417. The molecule has 0 aliphatic rings. The van der Waals surface area contributed by atoms with Crippen LogP contribution >= 0.6 is 11.8 Å². The van der Waals surface area contributed by atoms with Crippen molar-refractivity contribution in [1.29, 1.82) is 0 Å². The average Bonchev–Trinajstić information content (AvgIpc) is 2.15. The van der Waals surface area contributed by atoms with Crippen molar-refractivity contribution in [2.24, 2.45) is 0 Å². The maximum Gasteiger partial charge on any atom is 0.132 e. The molecule has 3 heteroatoms. The summed E-state index contributed by atoms with van der Waals surface area (Å²) in [6, 6.07) is 7.79. The van der Waals surface area contributed by atoms with E-state index in [1.54, 1.807) is 11.8 Å².